The largest absolute Gasteiger partial charge is 0.457 e. The summed E-state index contributed by atoms with van der Waals surface area (Å²) in [5, 5.41) is 0. The standard InChI is InChI=1S/C27H34N4O4SSi/c1-5-36(32,33)22-11-9-21(10-12-22)35-26-17-25-24(16-20(26)18-28)30-27(23-8-6-7-13-29-23)31(25)19-34-14-15-37(2,3)4/h6-13,16-17H,5,14-15,18-19,28H2,1-4H3. The molecule has 0 aliphatic heterocycles. The van der Waals surface area contributed by atoms with Gasteiger partial charge >= 0.3 is 0 Å². The van der Waals surface area contributed by atoms with Crippen LogP contribution < -0.4 is 10.5 Å². The summed E-state index contributed by atoms with van der Waals surface area (Å²) < 4.78 is 38.6. The Hall–Kier alpha value is -3.05. The lowest BCUT2D eigenvalue weighted by molar-refractivity contribution is 0.0909. The number of aromatic nitrogens is 3. The van der Waals surface area contributed by atoms with Gasteiger partial charge in [-0.05, 0) is 48.5 Å². The second-order valence-electron chi connectivity index (χ2n) is 10.1. The van der Waals surface area contributed by atoms with Crippen LogP contribution >= 0.6 is 0 Å². The van der Waals surface area contributed by atoms with Gasteiger partial charge in [0.25, 0.3) is 0 Å². The summed E-state index contributed by atoms with van der Waals surface area (Å²) in [6.45, 7) is 9.86. The highest BCUT2D eigenvalue weighted by Gasteiger charge is 2.19. The lowest BCUT2D eigenvalue weighted by Gasteiger charge is -2.16. The first kappa shape index (κ1) is 27.0. The van der Waals surface area contributed by atoms with Crippen LogP contribution in [0.3, 0.4) is 0 Å². The Morgan fingerprint density at radius 3 is 2.43 bits per heavy atom. The number of benzene rings is 2. The quantitative estimate of drug-likeness (QED) is 0.200. The van der Waals surface area contributed by atoms with Gasteiger partial charge in [-0.1, -0.05) is 32.6 Å². The summed E-state index contributed by atoms with van der Waals surface area (Å²) in [6, 6.07) is 17.1. The van der Waals surface area contributed by atoms with Crippen molar-refractivity contribution < 1.29 is 17.9 Å². The summed E-state index contributed by atoms with van der Waals surface area (Å²) in [7, 11) is -4.51. The number of rotatable bonds is 11. The number of hydrogen-bond donors (Lipinski definition) is 1. The van der Waals surface area contributed by atoms with E-state index >= 15 is 0 Å². The Morgan fingerprint density at radius 1 is 1.05 bits per heavy atom. The molecule has 0 spiro atoms. The molecule has 0 radical (unpaired) electrons. The molecular formula is C27H34N4O4SSi. The van der Waals surface area contributed by atoms with Crippen LogP contribution in [0, 0.1) is 0 Å². The van der Waals surface area contributed by atoms with E-state index < -0.39 is 17.9 Å². The zero-order valence-corrected chi connectivity index (χ0v) is 23.6. The van der Waals surface area contributed by atoms with Gasteiger partial charge in [0.2, 0.25) is 0 Å². The van der Waals surface area contributed by atoms with E-state index in [4.69, 9.17) is 20.2 Å². The number of pyridine rings is 1. The number of nitrogens with zero attached hydrogens (tertiary/aromatic N) is 3. The normalized spacial score (nSPS) is 12.2. The molecule has 37 heavy (non-hydrogen) atoms. The minimum atomic E-state index is -3.28. The van der Waals surface area contributed by atoms with Crippen molar-refractivity contribution in [1.29, 1.82) is 0 Å². The van der Waals surface area contributed by atoms with E-state index in [1.807, 2.05) is 34.9 Å². The number of ether oxygens (including phenoxy) is 2. The number of nitrogens with two attached hydrogens (primary N) is 1. The zero-order chi connectivity index (χ0) is 26.6. The van der Waals surface area contributed by atoms with E-state index in [2.05, 4.69) is 24.6 Å². The molecule has 0 unspecified atom stereocenters. The average molecular weight is 539 g/mol. The van der Waals surface area contributed by atoms with Crippen LogP contribution in [0.4, 0.5) is 0 Å². The fourth-order valence-corrected chi connectivity index (χ4v) is 5.45. The van der Waals surface area contributed by atoms with Gasteiger partial charge < -0.3 is 15.2 Å². The maximum Gasteiger partial charge on any atom is 0.178 e. The molecule has 2 heterocycles. The van der Waals surface area contributed by atoms with Crippen molar-refractivity contribution in [3.05, 3.63) is 66.4 Å². The molecule has 0 saturated carbocycles. The van der Waals surface area contributed by atoms with Crippen LogP contribution in [-0.4, -0.2) is 43.4 Å². The minimum Gasteiger partial charge on any atom is -0.457 e. The molecular weight excluding hydrogens is 504 g/mol. The van der Waals surface area contributed by atoms with Gasteiger partial charge in [-0.2, -0.15) is 0 Å². The van der Waals surface area contributed by atoms with Crippen molar-refractivity contribution in [2.24, 2.45) is 5.73 Å². The van der Waals surface area contributed by atoms with Gasteiger partial charge in [-0.15, -0.1) is 0 Å². The van der Waals surface area contributed by atoms with E-state index in [0.717, 1.165) is 28.3 Å². The molecule has 0 amide bonds. The van der Waals surface area contributed by atoms with Crippen LogP contribution in [0.2, 0.25) is 25.7 Å². The third-order valence-corrected chi connectivity index (χ3v) is 9.51. The number of sulfone groups is 1. The van der Waals surface area contributed by atoms with Crippen molar-refractivity contribution >= 4 is 28.9 Å². The monoisotopic (exact) mass is 538 g/mol. The highest BCUT2D eigenvalue weighted by Crippen LogP contribution is 2.33. The SMILES string of the molecule is CCS(=O)(=O)c1ccc(Oc2cc3c(cc2CN)nc(-c2ccccn2)n3COCC[Si](C)(C)C)cc1. The summed E-state index contributed by atoms with van der Waals surface area (Å²) >= 11 is 0. The van der Waals surface area contributed by atoms with Crippen molar-refractivity contribution in [3.8, 4) is 23.0 Å². The Bertz CT molecular complexity index is 1460. The number of imidazole rings is 1. The van der Waals surface area contributed by atoms with Gasteiger partial charge in [0.15, 0.2) is 15.7 Å². The second-order valence-corrected chi connectivity index (χ2v) is 18.0. The third-order valence-electron chi connectivity index (χ3n) is 6.05. The first-order chi connectivity index (χ1) is 17.6. The van der Waals surface area contributed by atoms with E-state index in [9.17, 15) is 8.42 Å². The molecule has 4 rings (SSSR count). The molecule has 0 saturated heterocycles. The van der Waals surface area contributed by atoms with Crippen molar-refractivity contribution in [1.82, 2.24) is 14.5 Å². The molecule has 8 nitrogen and oxygen atoms in total. The lowest BCUT2D eigenvalue weighted by atomic mass is 10.1. The fourth-order valence-electron chi connectivity index (χ4n) is 3.81. The molecule has 196 valence electrons. The van der Waals surface area contributed by atoms with Crippen molar-refractivity contribution in [2.75, 3.05) is 12.4 Å². The van der Waals surface area contributed by atoms with Crippen molar-refractivity contribution in [2.45, 2.75) is 50.8 Å². The highest BCUT2D eigenvalue weighted by molar-refractivity contribution is 7.91. The zero-order valence-electron chi connectivity index (χ0n) is 21.8. The van der Waals surface area contributed by atoms with Gasteiger partial charge in [-0.3, -0.25) is 9.55 Å². The fraction of sp³-hybridized carbons (Fsp3) is 0.333. The second kappa shape index (κ2) is 11.1. The molecule has 0 aliphatic carbocycles. The highest BCUT2D eigenvalue weighted by atomic mass is 32.2. The van der Waals surface area contributed by atoms with Crippen LogP contribution in [-0.2, 0) is 27.8 Å². The Labute approximate surface area is 219 Å². The van der Waals surface area contributed by atoms with Crippen molar-refractivity contribution in [3.63, 3.8) is 0 Å². The number of hydrogen-bond acceptors (Lipinski definition) is 7. The topological polar surface area (TPSA) is 109 Å². The Balaban J connectivity index is 1.72. The predicted molar refractivity (Wildman–Crippen MR) is 149 cm³/mol. The van der Waals surface area contributed by atoms with Crippen LogP contribution in [0.15, 0.2) is 65.7 Å². The maximum absolute atomic E-state index is 12.2. The summed E-state index contributed by atoms with van der Waals surface area (Å²) in [5.74, 6) is 1.85. The molecule has 0 bridgehead atoms. The molecule has 4 aromatic rings. The summed E-state index contributed by atoms with van der Waals surface area (Å²) in [5.41, 5.74) is 9.21. The molecule has 10 heteroatoms. The number of fused-ring (bicyclic) bond motifs is 1. The smallest absolute Gasteiger partial charge is 0.178 e. The van der Waals surface area contributed by atoms with E-state index in [-0.39, 0.29) is 17.2 Å². The van der Waals surface area contributed by atoms with Gasteiger partial charge in [0, 0.05) is 39.1 Å². The van der Waals surface area contributed by atoms with Crippen LogP contribution in [0.1, 0.15) is 12.5 Å². The van der Waals surface area contributed by atoms with E-state index in [1.54, 1.807) is 37.4 Å². The first-order valence-electron chi connectivity index (χ1n) is 12.3. The molecule has 0 fully saturated rings. The van der Waals surface area contributed by atoms with Crippen LogP contribution in [0.25, 0.3) is 22.6 Å². The van der Waals surface area contributed by atoms with E-state index in [0.29, 0.717) is 30.7 Å². The molecule has 2 N–H and O–H groups in total. The maximum atomic E-state index is 12.2. The van der Waals surface area contributed by atoms with Gasteiger partial charge in [-0.25, -0.2) is 13.4 Å². The molecule has 2 aromatic carbocycles. The molecule has 0 aliphatic rings. The van der Waals surface area contributed by atoms with Gasteiger partial charge in [0.05, 0.1) is 21.7 Å². The van der Waals surface area contributed by atoms with E-state index in [1.165, 1.54) is 0 Å². The predicted octanol–water partition coefficient (Wildman–Crippen LogP) is 5.46. The summed E-state index contributed by atoms with van der Waals surface area (Å²) in [6.07, 6.45) is 1.74. The van der Waals surface area contributed by atoms with Crippen LogP contribution in [0.5, 0.6) is 11.5 Å². The lowest BCUT2D eigenvalue weighted by Crippen LogP contribution is -2.22. The summed E-state index contributed by atoms with van der Waals surface area (Å²) in [4.78, 5) is 9.64. The average Bonchev–Trinajstić information content (AvgIpc) is 3.23. The molecule has 0 atom stereocenters. The third kappa shape index (κ3) is 6.45. The minimum absolute atomic E-state index is 0.0454. The first-order valence-corrected chi connectivity index (χ1v) is 17.7. The van der Waals surface area contributed by atoms with Gasteiger partial charge in [0.1, 0.15) is 23.9 Å². The Morgan fingerprint density at radius 2 is 1.81 bits per heavy atom. The molecule has 2 aromatic heterocycles. The Kier molecular flexibility index (Phi) is 8.13.